The van der Waals surface area contributed by atoms with Gasteiger partial charge in [-0.25, -0.2) is 4.79 Å². The molecule has 0 aromatic heterocycles. The minimum atomic E-state index is -1.13. The molecule has 6 nitrogen and oxygen atoms in total. The second-order valence-electron chi connectivity index (χ2n) is 6.57. The average molecular weight is 372 g/mol. The fourth-order valence-corrected chi connectivity index (χ4v) is 3.36. The third-order valence-corrected chi connectivity index (χ3v) is 4.67. The number of Topliss-reactive ketones (excluding diaryl/α,β-unsaturated/α-hetero) is 1. The number of carbonyl (C=O) groups excluding carboxylic acids is 1. The first-order valence-corrected chi connectivity index (χ1v) is 8.54. The number of ketones is 1. The first-order valence-electron chi connectivity index (χ1n) is 8.54. The number of fused-ring (bicyclic) bond motifs is 2. The molecule has 0 spiro atoms. The van der Waals surface area contributed by atoms with Gasteiger partial charge in [0.05, 0.1) is 10.9 Å². The van der Waals surface area contributed by atoms with Gasteiger partial charge in [0, 0.05) is 39.9 Å². The highest BCUT2D eigenvalue weighted by molar-refractivity contribution is 6.09. The SMILES string of the molecule is CC(=O)c1ccc(-c2c3ccc(=N)cc-3oc3cc(N)ccc23)c(C(=O)O)c1. The number of hydrogen-bond acceptors (Lipinski definition) is 5. The highest BCUT2D eigenvalue weighted by Crippen LogP contribution is 2.41. The summed E-state index contributed by atoms with van der Waals surface area (Å²) in [5.41, 5.74) is 9.02. The zero-order chi connectivity index (χ0) is 20.0. The van der Waals surface area contributed by atoms with Gasteiger partial charge in [-0.1, -0.05) is 12.1 Å². The van der Waals surface area contributed by atoms with Crippen LogP contribution in [0, 0.1) is 5.41 Å². The highest BCUT2D eigenvalue weighted by Gasteiger charge is 2.22. The van der Waals surface area contributed by atoms with Gasteiger partial charge in [0.15, 0.2) is 5.78 Å². The average Bonchev–Trinajstić information content (AvgIpc) is 2.65. The summed E-state index contributed by atoms with van der Waals surface area (Å²) in [7, 11) is 0. The molecule has 138 valence electrons. The van der Waals surface area contributed by atoms with Crippen LogP contribution in [-0.2, 0) is 0 Å². The zero-order valence-electron chi connectivity index (χ0n) is 14.9. The molecule has 0 bridgehead atoms. The monoisotopic (exact) mass is 372 g/mol. The summed E-state index contributed by atoms with van der Waals surface area (Å²) in [5.74, 6) is -0.890. The quantitative estimate of drug-likeness (QED) is 0.283. The number of nitrogen functional groups attached to an aromatic ring is 1. The van der Waals surface area contributed by atoms with Gasteiger partial charge in [0.2, 0.25) is 0 Å². The van der Waals surface area contributed by atoms with E-state index in [-0.39, 0.29) is 16.7 Å². The number of carboxylic acids is 1. The molecule has 0 unspecified atom stereocenters. The van der Waals surface area contributed by atoms with Crippen molar-refractivity contribution in [1.29, 1.82) is 5.41 Å². The first-order chi connectivity index (χ1) is 13.3. The number of anilines is 1. The van der Waals surface area contributed by atoms with Crippen LogP contribution in [0.3, 0.4) is 0 Å². The van der Waals surface area contributed by atoms with Crippen molar-refractivity contribution in [2.45, 2.75) is 6.92 Å². The molecule has 0 saturated heterocycles. The van der Waals surface area contributed by atoms with E-state index in [2.05, 4.69) is 0 Å². The molecule has 0 atom stereocenters. The predicted molar refractivity (Wildman–Crippen MR) is 106 cm³/mol. The third kappa shape index (κ3) is 2.81. The summed E-state index contributed by atoms with van der Waals surface area (Å²) in [6, 6.07) is 14.7. The number of nitrogens with one attached hydrogen (secondary N) is 1. The van der Waals surface area contributed by atoms with Crippen molar-refractivity contribution in [2.24, 2.45) is 0 Å². The number of rotatable bonds is 3. The van der Waals surface area contributed by atoms with Gasteiger partial charge in [-0.05, 0) is 42.8 Å². The van der Waals surface area contributed by atoms with Gasteiger partial charge in [0.1, 0.15) is 11.3 Å². The van der Waals surface area contributed by atoms with E-state index in [1.54, 1.807) is 48.5 Å². The summed E-state index contributed by atoms with van der Waals surface area (Å²) in [6.07, 6.45) is 0. The van der Waals surface area contributed by atoms with Crippen molar-refractivity contribution in [1.82, 2.24) is 0 Å². The second-order valence-corrected chi connectivity index (χ2v) is 6.57. The van der Waals surface area contributed by atoms with Crippen molar-refractivity contribution >= 4 is 28.4 Å². The van der Waals surface area contributed by atoms with Gasteiger partial charge in [-0.2, -0.15) is 0 Å². The minimum Gasteiger partial charge on any atom is -0.478 e. The number of benzene rings is 3. The summed E-state index contributed by atoms with van der Waals surface area (Å²) >= 11 is 0. The van der Waals surface area contributed by atoms with Crippen LogP contribution in [0.1, 0.15) is 27.6 Å². The van der Waals surface area contributed by atoms with E-state index in [1.165, 1.54) is 13.0 Å². The Balaban J connectivity index is 2.17. The van der Waals surface area contributed by atoms with Crippen LogP contribution in [0.5, 0.6) is 0 Å². The van der Waals surface area contributed by atoms with Gasteiger partial charge in [-0.3, -0.25) is 4.79 Å². The Morgan fingerprint density at radius 2 is 1.75 bits per heavy atom. The van der Waals surface area contributed by atoms with Gasteiger partial charge in [0.25, 0.3) is 0 Å². The molecule has 2 aromatic carbocycles. The van der Waals surface area contributed by atoms with Crippen molar-refractivity contribution in [3.63, 3.8) is 0 Å². The Morgan fingerprint density at radius 3 is 2.46 bits per heavy atom. The lowest BCUT2D eigenvalue weighted by molar-refractivity contribution is 0.0697. The van der Waals surface area contributed by atoms with Gasteiger partial charge < -0.3 is 20.7 Å². The highest BCUT2D eigenvalue weighted by atomic mass is 16.4. The Labute approximate surface area is 159 Å². The first kappa shape index (κ1) is 17.5. The van der Waals surface area contributed by atoms with Crippen LogP contribution >= 0.6 is 0 Å². The molecule has 1 aliphatic heterocycles. The molecule has 2 aliphatic rings. The van der Waals surface area contributed by atoms with E-state index in [0.29, 0.717) is 44.7 Å². The lowest BCUT2D eigenvalue weighted by atomic mass is 9.89. The zero-order valence-corrected chi connectivity index (χ0v) is 14.9. The van der Waals surface area contributed by atoms with Crippen molar-refractivity contribution in [2.75, 3.05) is 5.73 Å². The maximum Gasteiger partial charge on any atom is 0.336 e. The summed E-state index contributed by atoms with van der Waals surface area (Å²) in [4.78, 5) is 23.7. The van der Waals surface area contributed by atoms with E-state index in [4.69, 9.17) is 15.6 Å². The van der Waals surface area contributed by atoms with E-state index in [9.17, 15) is 14.7 Å². The van der Waals surface area contributed by atoms with Crippen LogP contribution in [0.25, 0.3) is 33.4 Å². The fraction of sp³-hybridized carbons (Fsp3) is 0.0455. The molecule has 0 amide bonds. The minimum absolute atomic E-state index is 0.0216. The van der Waals surface area contributed by atoms with Crippen LogP contribution in [0.15, 0.2) is 59.0 Å². The van der Waals surface area contributed by atoms with E-state index in [0.717, 1.165) is 0 Å². The van der Waals surface area contributed by atoms with Crippen LogP contribution < -0.4 is 11.1 Å². The number of hydrogen-bond donors (Lipinski definition) is 3. The Bertz CT molecular complexity index is 1300. The number of carboxylic acid groups (broad SMARTS) is 1. The number of aromatic carboxylic acids is 1. The molecule has 2 aromatic rings. The summed E-state index contributed by atoms with van der Waals surface area (Å²) in [5, 5.41) is 18.6. The van der Waals surface area contributed by atoms with Crippen LogP contribution in [0.2, 0.25) is 0 Å². The lowest BCUT2D eigenvalue weighted by Crippen LogP contribution is -2.05. The predicted octanol–water partition coefficient (Wildman–Crippen LogP) is 4.17. The smallest absolute Gasteiger partial charge is 0.336 e. The van der Waals surface area contributed by atoms with Crippen LogP contribution in [-0.4, -0.2) is 16.9 Å². The lowest BCUT2D eigenvalue weighted by Gasteiger charge is -2.17. The maximum atomic E-state index is 12.0. The number of carbonyl (C=O) groups is 2. The van der Waals surface area contributed by atoms with E-state index < -0.39 is 5.97 Å². The Morgan fingerprint density at radius 1 is 1.00 bits per heavy atom. The Kier molecular flexibility index (Phi) is 3.96. The second kappa shape index (κ2) is 6.35. The van der Waals surface area contributed by atoms with Gasteiger partial charge in [-0.15, -0.1) is 0 Å². The maximum absolute atomic E-state index is 12.0. The fourth-order valence-electron chi connectivity index (χ4n) is 3.36. The summed E-state index contributed by atoms with van der Waals surface area (Å²) in [6.45, 7) is 1.39. The van der Waals surface area contributed by atoms with E-state index >= 15 is 0 Å². The van der Waals surface area contributed by atoms with Crippen molar-refractivity contribution in [3.8, 4) is 22.5 Å². The molecule has 0 fully saturated rings. The standard InChI is InChI=1S/C22H16N2O4/c1-11(25)12-2-5-15(18(8-12)22(26)27)21-16-6-3-13(23)9-19(16)28-20-10-14(24)4-7-17(20)21/h2-10,23H,24H2,1H3,(H,26,27). The molecular weight excluding hydrogens is 356 g/mol. The molecule has 6 heteroatoms. The Hall–Kier alpha value is -3.93. The summed E-state index contributed by atoms with van der Waals surface area (Å²) < 4.78 is 5.93. The molecule has 4 N–H and O–H groups in total. The number of nitrogens with two attached hydrogens (primary N) is 1. The van der Waals surface area contributed by atoms with Gasteiger partial charge >= 0.3 is 5.97 Å². The molecule has 0 saturated carbocycles. The molecule has 1 aliphatic carbocycles. The molecule has 0 radical (unpaired) electrons. The molecular formula is C22H16N2O4. The topological polar surface area (TPSA) is 117 Å². The normalized spacial score (nSPS) is 11.0. The molecule has 1 heterocycles. The largest absolute Gasteiger partial charge is 0.478 e. The third-order valence-electron chi connectivity index (χ3n) is 4.67. The van der Waals surface area contributed by atoms with Crippen molar-refractivity contribution < 1.29 is 19.1 Å². The van der Waals surface area contributed by atoms with Crippen LogP contribution in [0.4, 0.5) is 5.69 Å². The molecule has 28 heavy (non-hydrogen) atoms. The molecule has 4 rings (SSSR count). The van der Waals surface area contributed by atoms with Crippen molar-refractivity contribution in [3.05, 3.63) is 71.1 Å². The van der Waals surface area contributed by atoms with E-state index in [1.807, 2.05) is 0 Å².